The number of nitrogens with zero attached hydrogens (tertiary/aromatic N) is 4. The molecule has 0 amide bonds. The highest BCUT2D eigenvalue weighted by molar-refractivity contribution is 6.43. The van der Waals surface area contributed by atoms with E-state index < -0.39 is 0 Å². The Balaban J connectivity index is 0.000000131. The highest BCUT2D eigenvalue weighted by Crippen LogP contribution is 2.42. The van der Waals surface area contributed by atoms with Crippen molar-refractivity contribution in [2.75, 3.05) is 72.0 Å². The number of benzene rings is 16. The van der Waals surface area contributed by atoms with E-state index in [2.05, 4.69) is 290 Å². The monoisotopic (exact) mass is 1630 g/mol. The summed E-state index contributed by atoms with van der Waals surface area (Å²) >= 11 is 51.1. The fourth-order valence-electron chi connectivity index (χ4n) is 16.0. The molecule has 12 heteroatoms. The van der Waals surface area contributed by atoms with Gasteiger partial charge in [0.2, 0.25) is 0 Å². The van der Waals surface area contributed by atoms with Crippen molar-refractivity contribution >= 4 is 202 Å². The van der Waals surface area contributed by atoms with Gasteiger partial charge in [-0.15, -0.1) is 0 Å². The standard InChI is InChI=1S/4C25H23Cl2N/c4*1-2-28(19-15-13-18(26)14-16-19)17-7-12-20-21-8-3-5-10-23(21)25(27)24-11-6-4-9-22(20)24/h4*3-6,8-11,13-16H,2,7,12,17H2,1H3. The summed E-state index contributed by atoms with van der Waals surface area (Å²) in [6.45, 7) is 16.7. The summed E-state index contributed by atoms with van der Waals surface area (Å²) in [4.78, 5) is 9.60. The molecular formula is C100H92Cl8N4. The highest BCUT2D eigenvalue weighted by atomic mass is 35.5. The summed E-state index contributed by atoms with van der Waals surface area (Å²) in [6.07, 6.45) is 8.37. The lowest BCUT2D eigenvalue weighted by molar-refractivity contribution is 0.750. The molecule has 0 atom stereocenters. The van der Waals surface area contributed by atoms with E-state index in [1.165, 1.54) is 88.1 Å². The quantitative estimate of drug-likeness (QED) is 0.0559. The zero-order valence-electron chi connectivity index (χ0n) is 63.8. The van der Waals surface area contributed by atoms with Crippen molar-refractivity contribution in [1.29, 1.82) is 0 Å². The first-order valence-corrected chi connectivity index (χ1v) is 42.1. The zero-order valence-corrected chi connectivity index (χ0v) is 69.9. The number of rotatable bonds is 24. The van der Waals surface area contributed by atoms with Crippen LogP contribution in [0.4, 0.5) is 22.7 Å². The number of hydrogen-bond donors (Lipinski definition) is 0. The minimum absolute atomic E-state index is 0.777. The lowest BCUT2D eigenvalue weighted by atomic mass is 9.94. The van der Waals surface area contributed by atoms with Gasteiger partial charge in [-0.25, -0.2) is 0 Å². The number of halogens is 8. The van der Waals surface area contributed by atoms with Crippen LogP contribution < -0.4 is 19.6 Å². The average Bonchev–Trinajstić information content (AvgIpc) is 0.778. The van der Waals surface area contributed by atoms with E-state index in [1.54, 1.807) is 0 Å². The Labute approximate surface area is 700 Å². The first-order chi connectivity index (χ1) is 54.7. The number of anilines is 4. The van der Waals surface area contributed by atoms with Gasteiger partial charge in [0.25, 0.3) is 0 Å². The number of hydrogen-bond acceptors (Lipinski definition) is 4. The van der Waals surface area contributed by atoms with E-state index in [0.29, 0.717) is 0 Å². The Bertz CT molecular complexity index is 4900. The molecule has 0 fully saturated rings. The molecular weight excluding hydrogens is 1540 g/mol. The van der Waals surface area contributed by atoms with Gasteiger partial charge in [-0.1, -0.05) is 287 Å². The van der Waals surface area contributed by atoms with Crippen LogP contribution >= 0.6 is 92.8 Å². The molecule has 0 saturated carbocycles. The average molecular weight is 1630 g/mol. The number of aryl methyl sites for hydroxylation is 4. The molecule has 4 nitrogen and oxygen atoms in total. The maximum atomic E-state index is 6.73. The van der Waals surface area contributed by atoms with Gasteiger partial charge in [-0.3, -0.25) is 0 Å². The van der Waals surface area contributed by atoms with Crippen molar-refractivity contribution in [3.05, 3.63) is 354 Å². The van der Waals surface area contributed by atoms with Crippen molar-refractivity contribution in [2.45, 2.75) is 79.1 Å². The minimum Gasteiger partial charge on any atom is -0.372 e. The molecule has 0 aromatic heterocycles. The second kappa shape index (κ2) is 39.2. The maximum absolute atomic E-state index is 6.73. The molecule has 16 aromatic rings. The molecule has 0 aliphatic heterocycles. The Morgan fingerprint density at radius 3 is 0.446 bits per heavy atom. The molecule has 0 N–H and O–H groups in total. The van der Waals surface area contributed by atoms with Crippen LogP contribution in [-0.2, 0) is 25.7 Å². The highest BCUT2D eigenvalue weighted by Gasteiger charge is 2.19. The minimum atomic E-state index is 0.777. The molecule has 0 spiro atoms. The van der Waals surface area contributed by atoms with Crippen LogP contribution in [0.1, 0.15) is 75.6 Å². The lowest BCUT2D eigenvalue weighted by Gasteiger charge is -2.23. The molecule has 568 valence electrons. The van der Waals surface area contributed by atoms with Gasteiger partial charge in [-0.05, 0) is 241 Å². The predicted octanol–water partition coefficient (Wildman–Crippen LogP) is 31.0. The molecule has 16 rings (SSSR count). The van der Waals surface area contributed by atoms with Crippen molar-refractivity contribution in [3.8, 4) is 0 Å². The summed E-state index contributed by atoms with van der Waals surface area (Å²) in [5.41, 5.74) is 10.4. The van der Waals surface area contributed by atoms with E-state index in [1.807, 2.05) is 48.5 Å². The molecule has 0 unspecified atom stereocenters. The molecule has 0 heterocycles. The predicted molar refractivity (Wildman–Crippen MR) is 496 cm³/mol. The topological polar surface area (TPSA) is 13.0 Å². The van der Waals surface area contributed by atoms with Crippen LogP contribution in [-0.4, -0.2) is 52.4 Å². The largest absolute Gasteiger partial charge is 0.372 e. The Morgan fingerprint density at radius 1 is 0.179 bits per heavy atom. The first-order valence-electron chi connectivity index (χ1n) is 39.1. The number of fused-ring (bicyclic) bond motifs is 8. The fourth-order valence-corrected chi connectivity index (χ4v) is 17.8. The molecule has 0 saturated heterocycles. The van der Waals surface area contributed by atoms with Crippen molar-refractivity contribution in [2.24, 2.45) is 0 Å². The summed E-state index contributed by atoms with van der Waals surface area (Å²) in [5.74, 6) is 0. The summed E-state index contributed by atoms with van der Waals surface area (Å²) in [6, 6.07) is 100. The molecule has 0 aliphatic carbocycles. The molecule has 112 heavy (non-hydrogen) atoms. The third-order valence-electron chi connectivity index (χ3n) is 21.6. The van der Waals surface area contributed by atoms with Gasteiger partial charge in [0, 0.05) is 138 Å². The van der Waals surface area contributed by atoms with E-state index >= 15 is 0 Å². The third kappa shape index (κ3) is 19.0. The molecule has 16 aromatic carbocycles. The normalized spacial score (nSPS) is 11.2. The van der Waals surface area contributed by atoms with Gasteiger partial charge < -0.3 is 19.6 Å². The smallest absolute Gasteiger partial charge is 0.0562 e. The van der Waals surface area contributed by atoms with E-state index in [0.717, 1.165) is 187 Å². The van der Waals surface area contributed by atoms with Gasteiger partial charge >= 0.3 is 0 Å². The van der Waals surface area contributed by atoms with Gasteiger partial charge in [0.15, 0.2) is 0 Å². The summed E-state index contributed by atoms with van der Waals surface area (Å²) in [5, 5.41) is 25.8. The van der Waals surface area contributed by atoms with E-state index in [-0.39, 0.29) is 0 Å². The Kier molecular flexibility index (Phi) is 28.4. The SMILES string of the molecule is CCN(CCCc1c2ccccc2c(Cl)c2ccccc12)c1ccc(Cl)cc1.CCN(CCCc1c2ccccc2c(Cl)c2ccccc12)c1ccc(Cl)cc1.CCN(CCCc1c2ccccc2c(Cl)c2ccccc12)c1ccc(Cl)cc1.CCN(CCCc1c2ccccc2c(Cl)c2ccccc12)c1ccc(Cl)cc1. The van der Waals surface area contributed by atoms with Crippen LogP contribution in [0.25, 0.3) is 86.2 Å². The Hall–Kier alpha value is -8.88. The molecule has 0 aliphatic rings. The third-order valence-corrected chi connectivity index (χ3v) is 24.3. The van der Waals surface area contributed by atoms with Crippen LogP contribution in [0.5, 0.6) is 0 Å². The van der Waals surface area contributed by atoms with Crippen LogP contribution in [0.2, 0.25) is 40.2 Å². The van der Waals surface area contributed by atoms with Gasteiger partial charge in [0.05, 0.1) is 20.1 Å². The van der Waals surface area contributed by atoms with Crippen LogP contribution in [0.3, 0.4) is 0 Å². The first kappa shape index (κ1) is 81.1. The second-order valence-corrected chi connectivity index (χ2v) is 31.4. The van der Waals surface area contributed by atoms with E-state index in [9.17, 15) is 0 Å². The fraction of sp³-hybridized carbons (Fsp3) is 0.200. The summed E-state index contributed by atoms with van der Waals surface area (Å²) < 4.78 is 0. The lowest BCUT2D eigenvalue weighted by Crippen LogP contribution is -2.24. The van der Waals surface area contributed by atoms with E-state index in [4.69, 9.17) is 92.8 Å². The van der Waals surface area contributed by atoms with Gasteiger partial charge in [0.1, 0.15) is 0 Å². The summed E-state index contributed by atoms with van der Waals surface area (Å²) in [7, 11) is 0. The Morgan fingerprint density at radius 2 is 0.312 bits per heavy atom. The zero-order chi connectivity index (χ0) is 78.0. The van der Waals surface area contributed by atoms with Crippen LogP contribution in [0, 0.1) is 0 Å². The van der Waals surface area contributed by atoms with Gasteiger partial charge in [-0.2, -0.15) is 0 Å². The molecule has 0 bridgehead atoms. The van der Waals surface area contributed by atoms with Crippen LogP contribution in [0.15, 0.2) is 291 Å². The maximum Gasteiger partial charge on any atom is 0.0562 e. The van der Waals surface area contributed by atoms with Crippen molar-refractivity contribution < 1.29 is 0 Å². The van der Waals surface area contributed by atoms with Crippen molar-refractivity contribution in [1.82, 2.24) is 0 Å². The van der Waals surface area contributed by atoms with Crippen molar-refractivity contribution in [3.63, 3.8) is 0 Å². The molecule has 0 radical (unpaired) electrons. The second-order valence-electron chi connectivity index (χ2n) is 28.2.